The summed E-state index contributed by atoms with van der Waals surface area (Å²) in [5.74, 6) is 0.492. The van der Waals surface area contributed by atoms with E-state index in [1.165, 1.54) is 14.2 Å². The van der Waals surface area contributed by atoms with Gasteiger partial charge in [-0.15, -0.1) is 0 Å². The molecule has 2 aromatic rings. The van der Waals surface area contributed by atoms with Crippen LogP contribution in [0, 0.1) is 6.92 Å². The molecule has 0 aliphatic carbocycles. The van der Waals surface area contributed by atoms with Crippen LogP contribution in [0.3, 0.4) is 0 Å². The van der Waals surface area contributed by atoms with E-state index in [1.807, 2.05) is 19.1 Å². The first-order chi connectivity index (χ1) is 10.5. The molecule has 5 nitrogen and oxygen atoms in total. The maximum absolute atomic E-state index is 12.9. The molecule has 1 N–H and O–H groups in total. The standard InChI is InChI=1S/C16H19NO4S/c1-10-5-7-12(8-6-10)22(19)15-13(11(2)18)9-14(20-3)17-16(15)21-4/h5-9,11,18H,1-4H3/t11-,22?/m0/s1. The fourth-order valence-corrected chi connectivity index (χ4v) is 3.37. The van der Waals surface area contributed by atoms with Crippen LogP contribution in [0.4, 0.5) is 0 Å². The van der Waals surface area contributed by atoms with Crippen molar-refractivity contribution in [3.05, 3.63) is 41.5 Å². The van der Waals surface area contributed by atoms with Crippen molar-refractivity contribution in [1.29, 1.82) is 0 Å². The smallest absolute Gasteiger partial charge is 0.233 e. The summed E-state index contributed by atoms with van der Waals surface area (Å²) in [4.78, 5) is 5.15. The number of aryl methyl sites for hydroxylation is 1. The fraction of sp³-hybridized carbons (Fsp3) is 0.312. The SMILES string of the molecule is COc1cc([C@H](C)O)c(S(=O)c2ccc(C)cc2)c(OC)n1. The number of hydrogen-bond acceptors (Lipinski definition) is 5. The van der Waals surface area contributed by atoms with Crippen LogP contribution in [-0.4, -0.2) is 28.5 Å². The summed E-state index contributed by atoms with van der Waals surface area (Å²) in [6, 6.07) is 8.94. The lowest BCUT2D eigenvalue weighted by Crippen LogP contribution is -2.07. The van der Waals surface area contributed by atoms with Gasteiger partial charge in [0.05, 0.1) is 31.1 Å². The Hall–Kier alpha value is -1.92. The van der Waals surface area contributed by atoms with Crippen LogP contribution in [0.5, 0.6) is 11.8 Å². The Morgan fingerprint density at radius 2 is 1.82 bits per heavy atom. The zero-order chi connectivity index (χ0) is 16.3. The van der Waals surface area contributed by atoms with Gasteiger partial charge in [0.25, 0.3) is 0 Å². The predicted molar refractivity (Wildman–Crippen MR) is 83.8 cm³/mol. The lowest BCUT2D eigenvalue weighted by molar-refractivity contribution is 0.194. The molecule has 2 atom stereocenters. The van der Waals surface area contributed by atoms with Crippen molar-refractivity contribution >= 4 is 10.8 Å². The molecule has 1 unspecified atom stereocenters. The summed E-state index contributed by atoms with van der Waals surface area (Å²) in [5.41, 5.74) is 1.55. The van der Waals surface area contributed by atoms with Crippen molar-refractivity contribution in [1.82, 2.24) is 4.98 Å². The third kappa shape index (κ3) is 3.28. The Morgan fingerprint density at radius 1 is 1.18 bits per heavy atom. The molecular weight excluding hydrogens is 302 g/mol. The highest BCUT2D eigenvalue weighted by atomic mass is 32.2. The highest BCUT2D eigenvalue weighted by molar-refractivity contribution is 7.85. The van der Waals surface area contributed by atoms with Gasteiger partial charge in [-0.05, 0) is 26.0 Å². The Bertz CT molecular complexity index is 683. The minimum Gasteiger partial charge on any atom is -0.481 e. The molecule has 0 amide bonds. The monoisotopic (exact) mass is 321 g/mol. The first-order valence-electron chi connectivity index (χ1n) is 6.77. The van der Waals surface area contributed by atoms with Gasteiger partial charge in [-0.1, -0.05) is 17.7 Å². The van der Waals surface area contributed by atoms with E-state index in [0.717, 1.165) is 5.56 Å². The normalized spacial score (nSPS) is 13.5. The largest absolute Gasteiger partial charge is 0.481 e. The fourth-order valence-electron chi connectivity index (χ4n) is 2.02. The van der Waals surface area contributed by atoms with Crippen molar-refractivity contribution in [2.24, 2.45) is 0 Å². The van der Waals surface area contributed by atoms with Gasteiger partial charge in [-0.2, -0.15) is 4.98 Å². The first kappa shape index (κ1) is 16.5. The number of ether oxygens (including phenoxy) is 2. The molecule has 0 radical (unpaired) electrons. The molecule has 0 spiro atoms. The summed E-state index contributed by atoms with van der Waals surface area (Å²) in [6.45, 7) is 3.56. The molecule has 0 saturated carbocycles. The van der Waals surface area contributed by atoms with Crippen molar-refractivity contribution in [3.8, 4) is 11.8 Å². The molecule has 1 heterocycles. The van der Waals surface area contributed by atoms with Crippen LogP contribution < -0.4 is 9.47 Å². The molecule has 1 aromatic heterocycles. The van der Waals surface area contributed by atoms with Gasteiger partial charge in [-0.25, -0.2) is 4.21 Å². The number of aromatic nitrogens is 1. The summed E-state index contributed by atoms with van der Waals surface area (Å²) in [6.07, 6.45) is -0.824. The summed E-state index contributed by atoms with van der Waals surface area (Å²) < 4.78 is 23.3. The van der Waals surface area contributed by atoms with Crippen LogP contribution >= 0.6 is 0 Å². The second-order valence-electron chi connectivity index (χ2n) is 4.85. The zero-order valence-electron chi connectivity index (χ0n) is 13.0. The van der Waals surface area contributed by atoms with Crippen molar-refractivity contribution in [2.75, 3.05) is 14.2 Å². The minimum atomic E-state index is -1.51. The van der Waals surface area contributed by atoms with E-state index in [2.05, 4.69) is 4.98 Å². The number of nitrogens with zero attached hydrogens (tertiary/aromatic N) is 1. The number of methoxy groups -OCH3 is 2. The van der Waals surface area contributed by atoms with Crippen LogP contribution in [0.1, 0.15) is 24.2 Å². The maximum Gasteiger partial charge on any atom is 0.233 e. The maximum atomic E-state index is 12.9. The van der Waals surface area contributed by atoms with E-state index < -0.39 is 16.9 Å². The summed E-state index contributed by atoms with van der Waals surface area (Å²) in [5, 5.41) is 10.0. The van der Waals surface area contributed by atoms with Gasteiger partial charge in [0.15, 0.2) is 0 Å². The van der Waals surface area contributed by atoms with E-state index >= 15 is 0 Å². The molecule has 0 saturated heterocycles. The predicted octanol–water partition coefficient (Wildman–Crippen LogP) is 2.63. The number of benzene rings is 1. The number of rotatable bonds is 5. The van der Waals surface area contributed by atoms with Gasteiger partial charge < -0.3 is 14.6 Å². The van der Waals surface area contributed by atoms with Crippen LogP contribution in [-0.2, 0) is 10.8 Å². The lowest BCUT2D eigenvalue weighted by atomic mass is 10.1. The molecule has 0 aliphatic rings. The Morgan fingerprint density at radius 3 is 2.32 bits per heavy atom. The van der Waals surface area contributed by atoms with Crippen molar-refractivity contribution in [2.45, 2.75) is 29.7 Å². The Kier molecular flexibility index (Phi) is 5.15. The van der Waals surface area contributed by atoms with Crippen LogP contribution in [0.25, 0.3) is 0 Å². The average Bonchev–Trinajstić information content (AvgIpc) is 2.53. The van der Waals surface area contributed by atoms with E-state index in [0.29, 0.717) is 21.2 Å². The minimum absolute atomic E-state index is 0.189. The molecule has 0 aliphatic heterocycles. The van der Waals surface area contributed by atoms with Gasteiger partial charge in [-0.3, -0.25) is 0 Å². The third-order valence-electron chi connectivity index (χ3n) is 3.22. The van der Waals surface area contributed by atoms with Crippen LogP contribution in [0.2, 0.25) is 0 Å². The molecular formula is C16H19NO4S. The quantitative estimate of drug-likeness (QED) is 0.917. The average molecular weight is 321 g/mol. The summed E-state index contributed by atoms with van der Waals surface area (Å²) >= 11 is 0. The van der Waals surface area contributed by atoms with E-state index in [4.69, 9.17) is 9.47 Å². The second kappa shape index (κ2) is 6.89. The Labute approximate surface area is 132 Å². The number of aliphatic hydroxyl groups is 1. The molecule has 1 aromatic carbocycles. The highest BCUT2D eigenvalue weighted by Gasteiger charge is 2.23. The van der Waals surface area contributed by atoms with E-state index in [1.54, 1.807) is 25.1 Å². The van der Waals surface area contributed by atoms with Gasteiger partial charge >= 0.3 is 0 Å². The highest BCUT2D eigenvalue weighted by Crippen LogP contribution is 2.34. The molecule has 118 valence electrons. The van der Waals surface area contributed by atoms with E-state index in [-0.39, 0.29) is 5.88 Å². The Balaban J connectivity index is 2.61. The molecule has 0 fully saturated rings. The van der Waals surface area contributed by atoms with Gasteiger partial charge in [0, 0.05) is 16.5 Å². The summed E-state index contributed by atoms with van der Waals surface area (Å²) in [7, 11) is 1.41. The van der Waals surface area contributed by atoms with Crippen molar-refractivity contribution < 1.29 is 18.8 Å². The molecule has 22 heavy (non-hydrogen) atoms. The number of aliphatic hydroxyl groups excluding tert-OH is 1. The third-order valence-corrected chi connectivity index (χ3v) is 4.70. The van der Waals surface area contributed by atoms with E-state index in [9.17, 15) is 9.32 Å². The van der Waals surface area contributed by atoms with Gasteiger partial charge in [0.2, 0.25) is 11.8 Å². The number of hydrogen-bond donors (Lipinski definition) is 1. The topological polar surface area (TPSA) is 68.7 Å². The first-order valence-corrected chi connectivity index (χ1v) is 7.92. The lowest BCUT2D eigenvalue weighted by Gasteiger charge is -2.16. The molecule has 0 bridgehead atoms. The van der Waals surface area contributed by atoms with Crippen molar-refractivity contribution in [3.63, 3.8) is 0 Å². The second-order valence-corrected chi connectivity index (χ2v) is 6.27. The number of pyridine rings is 1. The zero-order valence-corrected chi connectivity index (χ0v) is 13.8. The molecule has 6 heteroatoms. The van der Waals surface area contributed by atoms with Crippen LogP contribution in [0.15, 0.2) is 40.1 Å². The molecule has 2 rings (SSSR count). The van der Waals surface area contributed by atoms with Gasteiger partial charge in [0.1, 0.15) is 4.90 Å².